The lowest BCUT2D eigenvalue weighted by Gasteiger charge is -2.54. The summed E-state index contributed by atoms with van der Waals surface area (Å²) in [4.78, 5) is 64.7. The Morgan fingerprint density at radius 2 is 0.918 bits per heavy atom. The molecule has 6 saturated heterocycles. The van der Waals surface area contributed by atoms with Crippen LogP contribution >= 0.6 is 0 Å². The van der Waals surface area contributed by atoms with Crippen LogP contribution in [0.2, 0.25) is 0 Å². The van der Waals surface area contributed by atoms with Crippen molar-refractivity contribution in [3.05, 3.63) is 12.2 Å². The molecule has 6 fully saturated rings. The summed E-state index contributed by atoms with van der Waals surface area (Å²) >= 11 is 0. The van der Waals surface area contributed by atoms with Gasteiger partial charge in [0, 0.05) is 41.2 Å². The Hall–Kier alpha value is -3.91. The minimum atomic E-state index is -2.37. The first-order valence-corrected chi connectivity index (χ1v) is 34.0. The molecule has 0 aromatic rings. The third-order valence-electron chi connectivity index (χ3n) is 18.3. The molecule has 5 amide bonds. The van der Waals surface area contributed by atoms with Crippen molar-refractivity contribution in [1.29, 1.82) is 0 Å². The highest BCUT2D eigenvalue weighted by Crippen LogP contribution is 2.40. The maximum absolute atomic E-state index is 13.5. The average Bonchev–Trinajstić information content (AvgIpc) is 0.760. The summed E-state index contributed by atoms with van der Waals surface area (Å²) in [6, 6.07) is -8.42. The van der Waals surface area contributed by atoms with Crippen molar-refractivity contribution in [2.24, 2.45) is 0 Å². The lowest BCUT2D eigenvalue weighted by molar-refractivity contribution is -0.391. The van der Waals surface area contributed by atoms with Gasteiger partial charge in [0.15, 0.2) is 37.2 Å². The first-order valence-electron chi connectivity index (χ1n) is 34.0. The summed E-state index contributed by atoms with van der Waals surface area (Å²) in [6.07, 6.45) is -22.0. The lowest BCUT2D eigenvalue weighted by atomic mass is 9.89. The van der Waals surface area contributed by atoms with Crippen LogP contribution in [0.4, 0.5) is 0 Å². The molecular formula is C63H109N5O30. The lowest BCUT2D eigenvalue weighted by Crippen LogP contribution is -2.74. The molecule has 0 spiro atoms. The summed E-state index contributed by atoms with van der Waals surface area (Å²) < 4.78 is 72.1. The van der Waals surface area contributed by atoms with Crippen molar-refractivity contribution in [2.45, 2.75) is 309 Å². The number of amides is 5. The highest BCUT2D eigenvalue weighted by molar-refractivity contribution is 5.76. The molecule has 0 bridgehead atoms. The standard InChI is InChI=1S/C63H109N5O30/c1-8-9-10-11-12-13-14-15-16-17-18-19-20-21-22-23-40(78)68-42-47(81)46(80)35(24-69)91-59(42)94-52-36(25-70)92-60(43(49(52)83)65-31(3)74)95-53-37(26-71)93-61(44(50(53)84)66-32(4)75)96-54-38(27-72)97-63(6,57(51(54)85)67-33(5)76)98-55-39(90-58(86)41(48(55)82)64-30(2)73)29-89-62-56(87-7)45(79)34(77)28-88-62/h13-14,34-39,41-62,69-72,77,79-86H,8-12,15-29H2,1-7H3,(H,64,73)(H,65,74)(H,66,75)(H,67,76)(H,68,78)/b14-13-/t34-,35?,36?,37?,38?,39?,41?,42?,43?,44?,45?,46-,47-,48-,49-,50-,51+,52-,53-,54-,55-,56-,57?,58-,59+,60+,61+,62+,63+/m1/s1. The topological polar surface area (TPSA) is 519 Å². The Morgan fingerprint density at radius 3 is 1.41 bits per heavy atom. The molecule has 98 heavy (non-hydrogen) atoms. The molecule has 566 valence electrons. The van der Waals surface area contributed by atoms with Crippen LogP contribution in [-0.2, 0) is 80.8 Å². The molecule has 35 nitrogen and oxygen atoms in total. The number of carbonyl (C=O) groups is 5. The molecule has 35 heteroatoms. The monoisotopic (exact) mass is 1420 g/mol. The van der Waals surface area contributed by atoms with Gasteiger partial charge < -0.3 is 150 Å². The summed E-state index contributed by atoms with van der Waals surface area (Å²) in [7, 11) is 1.21. The van der Waals surface area contributed by atoms with Gasteiger partial charge in [-0.1, -0.05) is 70.4 Å². The van der Waals surface area contributed by atoms with E-state index in [1.807, 2.05) is 0 Å². The van der Waals surface area contributed by atoms with Crippen molar-refractivity contribution in [2.75, 3.05) is 46.8 Å². The fraction of sp³-hybridized carbons (Fsp3) is 0.889. The largest absolute Gasteiger partial charge is 0.394 e. The fourth-order valence-corrected chi connectivity index (χ4v) is 13.1. The number of rotatable bonds is 36. The van der Waals surface area contributed by atoms with E-state index < -0.39 is 246 Å². The van der Waals surface area contributed by atoms with Gasteiger partial charge in [-0.25, -0.2) is 0 Å². The zero-order chi connectivity index (χ0) is 72.1. The summed E-state index contributed by atoms with van der Waals surface area (Å²) in [5, 5.41) is 158. The Balaban J connectivity index is 1.16. The van der Waals surface area contributed by atoms with Crippen LogP contribution in [0.5, 0.6) is 0 Å². The minimum absolute atomic E-state index is 0.0164. The van der Waals surface area contributed by atoms with Gasteiger partial charge in [0.1, 0.15) is 140 Å². The van der Waals surface area contributed by atoms with Gasteiger partial charge in [0.25, 0.3) is 0 Å². The van der Waals surface area contributed by atoms with E-state index >= 15 is 0 Å². The Bertz CT molecular complexity index is 2470. The summed E-state index contributed by atoms with van der Waals surface area (Å²) in [5.74, 6) is -6.09. The summed E-state index contributed by atoms with van der Waals surface area (Å²) in [6.45, 7) is 2.70. The van der Waals surface area contributed by atoms with Crippen LogP contribution in [0.1, 0.15) is 131 Å². The highest BCUT2D eigenvalue weighted by Gasteiger charge is 2.61. The van der Waals surface area contributed by atoms with E-state index in [1.54, 1.807) is 0 Å². The molecule has 18 N–H and O–H groups in total. The number of allylic oxidation sites excluding steroid dienone is 2. The molecule has 0 saturated carbocycles. The van der Waals surface area contributed by atoms with Crippen LogP contribution in [-0.4, -0.2) is 320 Å². The molecule has 29 atom stereocenters. The quantitative estimate of drug-likeness (QED) is 0.0205. The normalized spacial score (nSPS) is 40.0. The van der Waals surface area contributed by atoms with Gasteiger partial charge in [-0.3, -0.25) is 24.0 Å². The first-order chi connectivity index (χ1) is 46.7. The van der Waals surface area contributed by atoms with E-state index in [1.165, 1.54) is 39.7 Å². The van der Waals surface area contributed by atoms with Gasteiger partial charge in [0.05, 0.1) is 39.6 Å². The molecule has 6 heterocycles. The van der Waals surface area contributed by atoms with Crippen molar-refractivity contribution in [3.8, 4) is 0 Å². The van der Waals surface area contributed by atoms with Gasteiger partial charge in [-0.15, -0.1) is 0 Å². The molecule has 0 radical (unpaired) electrons. The number of hydrogen-bond donors (Lipinski definition) is 18. The zero-order valence-electron chi connectivity index (χ0n) is 56.7. The molecule has 0 aromatic heterocycles. The SMILES string of the molecule is CCCCCC/C=C\CCCCCCCCCC(=O)NC1[C@H](O[C@@H]2C(CO)O[C@@H](O[C@@H]3C(CO)O[C@@H](O[C@@H]4C(CO)O[C@@](C)(O[C@@H]5C(CO[C@@H]6OC[C@@H](O)C(O)[C@H]6OC)O[C@@H](O)C(NC(C)=O)[C@H]5O)C(NC(C)=O)[C@H]4O)C(NC(C)=O)[C@H]3O)C(NC(C)=O)[C@H]2O)OC(CO)[C@@H](O)[C@@H]1O. The molecule has 0 aliphatic carbocycles. The number of carbonyl (C=O) groups excluding carboxylic acids is 5. The van der Waals surface area contributed by atoms with Crippen LogP contribution in [0.15, 0.2) is 12.2 Å². The predicted octanol–water partition coefficient (Wildman–Crippen LogP) is -5.68. The second-order valence-corrected chi connectivity index (χ2v) is 26.0. The predicted molar refractivity (Wildman–Crippen MR) is 334 cm³/mol. The van der Waals surface area contributed by atoms with Crippen LogP contribution in [0.3, 0.4) is 0 Å². The third kappa shape index (κ3) is 22.3. The molecular weight excluding hydrogens is 1310 g/mol. The second-order valence-electron chi connectivity index (χ2n) is 26.0. The number of unbranched alkanes of at least 4 members (excludes halogenated alkanes) is 11. The van der Waals surface area contributed by atoms with Crippen molar-refractivity contribution >= 4 is 29.5 Å². The van der Waals surface area contributed by atoms with Crippen molar-refractivity contribution < 1.29 is 147 Å². The fourth-order valence-electron chi connectivity index (χ4n) is 13.1. The van der Waals surface area contributed by atoms with E-state index in [4.69, 9.17) is 56.8 Å². The smallest absolute Gasteiger partial charge is 0.220 e. The van der Waals surface area contributed by atoms with Crippen molar-refractivity contribution in [3.63, 3.8) is 0 Å². The van der Waals surface area contributed by atoms with Gasteiger partial charge >= 0.3 is 0 Å². The van der Waals surface area contributed by atoms with E-state index in [9.17, 15) is 90.4 Å². The Labute approximate surface area is 569 Å². The zero-order valence-corrected chi connectivity index (χ0v) is 56.7. The van der Waals surface area contributed by atoms with Crippen LogP contribution in [0.25, 0.3) is 0 Å². The average molecular weight is 1420 g/mol. The number of methoxy groups -OCH3 is 1. The third-order valence-corrected chi connectivity index (χ3v) is 18.3. The van der Waals surface area contributed by atoms with E-state index in [0.717, 1.165) is 79.1 Å². The van der Waals surface area contributed by atoms with Crippen LogP contribution in [0, 0.1) is 0 Å². The first kappa shape index (κ1) is 83.0. The Morgan fingerprint density at radius 1 is 0.469 bits per heavy atom. The number of aliphatic hydroxyl groups excluding tert-OH is 13. The van der Waals surface area contributed by atoms with E-state index in [2.05, 4.69) is 45.7 Å². The number of ether oxygens (including phenoxy) is 12. The van der Waals surface area contributed by atoms with Crippen molar-refractivity contribution in [1.82, 2.24) is 26.6 Å². The van der Waals surface area contributed by atoms with Gasteiger partial charge in [0.2, 0.25) is 29.5 Å². The molecule has 6 aliphatic rings. The Kier molecular flexibility index (Phi) is 34.1. The maximum atomic E-state index is 13.5. The molecule has 6 aliphatic heterocycles. The number of aliphatic hydroxyl groups is 13. The van der Waals surface area contributed by atoms with Gasteiger partial charge in [-0.05, 0) is 39.0 Å². The highest BCUT2D eigenvalue weighted by atomic mass is 16.8. The van der Waals surface area contributed by atoms with Crippen LogP contribution < -0.4 is 26.6 Å². The van der Waals surface area contributed by atoms with E-state index in [0.29, 0.717) is 6.42 Å². The maximum Gasteiger partial charge on any atom is 0.220 e. The summed E-state index contributed by atoms with van der Waals surface area (Å²) in [5.41, 5.74) is 0. The molecule has 6 rings (SSSR count). The van der Waals surface area contributed by atoms with E-state index in [-0.39, 0.29) is 6.42 Å². The number of hydrogen-bond acceptors (Lipinski definition) is 30. The molecule has 0 aromatic carbocycles. The molecule has 11 unspecified atom stereocenters. The minimum Gasteiger partial charge on any atom is -0.394 e. The number of nitrogens with one attached hydrogen (secondary N) is 5. The second kappa shape index (κ2) is 40.2. The van der Waals surface area contributed by atoms with Gasteiger partial charge in [-0.2, -0.15) is 0 Å².